The molecule has 0 heterocycles. The van der Waals surface area contributed by atoms with E-state index in [1.54, 1.807) is 13.8 Å². The molecule has 4 nitrogen and oxygen atoms in total. The minimum Gasteiger partial charge on any atom is -0.493 e. The Bertz CT molecular complexity index is 401. The monoisotopic (exact) mass is 277 g/mol. The van der Waals surface area contributed by atoms with Gasteiger partial charge in [0, 0.05) is 5.56 Å². The van der Waals surface area contributed by atoms with Crippen LogP contribution in [0, 0.1) is 11.2 Å². The molecule has 0 spiro atoms. The molecule has 0 aromatic heterocycles. The molecule has 0 radical (unpaired) electrons. The fourth-order valence-corrected chi connectivity index (χ4v) is 1.40. The summed E-state index contributed by atoms with van der Waals surface area (Å²) >= 11 is 0. The lowest BCUT2D eigenvalue weighted by atomic mass is 10.1. The van der Waals surface area contributed by atoms with E-state index >= 15 is 0 Å². The van der Waals surface area contributed by atoms with Crippen molar-refractivity contribution in [2.75, 3.05) is 13.2 Å². The molecular formula is C12H17ClFNO3. The first-order chi connectivity index (χ1) is 8.10. The molecule has 0 aliphatic heterocycles. The topological polar surface area (TPSA) is 62.5 Å². The summed E-state index contributed by atoms with van der Waals surface area (Å²) in [5.74, 6) is -0.461. The zero-order valence-corrected chi connectivity index (χ0v) is 11.1. The lowest BCUT2D eigenvalue weighted by Crippen LogP contribution is -2.16. The summed E-state index contributed by atoms with van der Waals surface area (Å²) in [4.78, 5) is 0. The predicted octanol–water partition coefficient (Wildman–Crippen LogP) is 2.69. The van der Waals surface area contributed by atoms with Gasteiger partial charge >= 0.3 is 0 Å². The van der Waals surface area contributed by atoms with E-state index < -0.39 is 11.9 Å². The summed E-state index contributed by atoms with van der Waals surface area (Å²) in [7, 11) is 0. The maximum atomic E-state index is 13.1. The van der Waals surface area contributed by atoms with Gasteiger partial charge in [0.15, 0.2) is 6.10 Å². The molecule has 1 unspecified atom stereocenters. The van der Waals surface area contributed by atoms with Crippen LogP contribution in [0.1, 0.15) is 25.5 Å². The summed E-state index contributed by atoms with van der Waals surface area (Å²) in [6.07, 6.45) is -1.31. The van der Waals surface area contributed by atoms with E-state index in [1.165, 1.54) is 12.1 Å². The number of hydrogen-bond donors (Lipinski definition) is 2. The van der Waals surface area contributed by atoms with Gasteiger partial charge in [-0.25, -0.2) is 4.39 Å². The number of aliphatic hydroxyl groups excluding tert-OH is 1. The number of aliphatic hydroxyl groups is 1. The molecule has 2 N–H and O–H groups in total. The second-order valence-corrected chi connectivity index (χ2v) is 3.31. The minimum atomic E-state index is -1.31. The summed E-state index contributed by atoms with van der Waals surface area (Å²) < 4.78 is 23.3. The van der Waals surface area contributed by atoms with Crippen LogP contribution in [0.25, 0.3) is 0 Å². The van der Waals surface area contributed by atoms with Crippen molar-refractivity contribution >= 4 is 18.3 Å². The summed E-state index contributed by atoms with van der Waals surface area (Å²) in [5.41, 5.74) is 0.199. The molecule has 1 aromatic carbocycles. The van der Waals surface area contributed by atoms with Crippen molar-refractivity contribution in [3.63, 3.8) is 0 Å². The van der Waals surface area contributed by atoms with Crippen LogP contribution in [0.3, 0.4) is 0 Å². The van der Waals surface area contributed by atoms with Crippen LogP contribution in [0.4, 0.5) is 4.39 Å². The first-order valence-electron chi connectivity index (χ1n) is 5.41. The summed E-state index contributed by atoms with van der Waals surface area (Å²) in [5, 5.41) is 17.3. The molecule has 0 fully saturated rings. The van der Waals surface area contributed by atoms with Gasteiger partial charge in [0.25, 0.3) is 0 Å². The van der Waals surface area contributed by atoms with Gasteiger partial charge in [-0.3, -0.25) is 5.41 Å². The molecule has 0 aliphatic carbocycles. The van der Waals surface area contributed by atoms with Gasteiger partial charge in [0.05, 0.1) is 13.2 Å². The molecule has 0 amide bonds. The lowest BCUT2D eigenvalue weighted by Gasteiger charge is -2.16. The van der Waals surface area contributed by atoms with Gasteiger partial charge < -0.3 is 14.6 Å². The summed E-state index contributed by atoms with van der Waals surface area (Å²) in [6, 6.07) is 3.81. The molecule has 1 aromatic rings. The number of ether oxygens (including phenoxy) is 2. The van der Waals surface area contributed by atoms with Crippen LogP contribution in [0.2, 0.25) is 0 Å². The van der Waals surface area contributed by atoms with E-state index in [9.17, 15) is 9.50 Å². The quantitative estimate of drug-likeness (QED) is 0.642. The maximum Gasteiger partial charge on any atom is 0.215 e. The number of benzene rings is 1. The summed E-state index contributed by atoms with van der Waals surface area (Å²) in [6.45, 7) is 4.16. The van der Waals surface area contributed by atoms with E-state index in [0.29, 0.717) is 12.4 Å². The van der Waals surface area contributed by atoms with E-state index in [0.717, 1.165) is 6.07 Å². The minimum absolute atomic E-state index is 0. The normalized spacial score (nSPS) is 11.3. The van der Waals surface area contributed by atoms with Crippen LogP contribution in [0.15, 0.2) is 18.2 Å². The van der Waals surface area contributed by atoms with E-state index in [-0.39, 0.29) is 30.5 Å². The highest BCUT2D eigenvalue weighted by Gasteiger charge is 2.20. The smallest absolute Gasteiger partial charge is 0.215 e. The Kier molecular flexibility index (Phi) is 7.31. The number of halogens is 2. The molecule has 102 valence electrons. The third-order valence-electron chi connectivity index (χ3n) is 2.11. The van der Waals surface area contributed by atoms with Crippen molar-refractivity contribution in [2.24, 2.45) is 0 Å². The Labute approximate surface area is 112 Å². The van der Waals surface area contributed by atoms with Crippen LogP contribution in [-0.4, -0.2) is 24.2 Å². The standard InChI is InChI=1S/C12H16FNO3.ClH/c1-3-16-10-6-5-8(13)7-9(10)11(15)12(14)17-4-2;/h5-7,11,14-15H,3-4H2,1-2H3;1H. The van der Waals surface area contributed by atoms with Gasteiger partial charge in [-0.1, -0.05) is 0 Å². The average Bonchev–Trinajstić information content (AvgIpc) is 2.31. The molecule has 6 heteroatoms. The fourth-order valence-electron chi connectivity index (χ4n) is 1.40. The molecule has 0 aliphatic rings. The number of nitrogens with one attached hydrogen (secondary N) is 1. The van der Waals surface area contributed by atoms with Crippen molar-refractivity contribution in [3.05, 3.63) is 29.6 Å². The van der Waals surface area contributed by atoms with Gasteiger partial charge in [-0.05, 0) is 32.0 Å². The molecule has 1 rings (SSSR count). The third-order valence-corrected chi connectivity index (χ3v) is 2.11. The van der Waals surface area contributed by atoms with E-state index in [2.05, 4.69) is 0 Å². The first-order valence-corrected chi connectivity index (χ1v) is 5.41. The Balaban J connectivity index is 0.00000289. The Morgan fingerprint density at radius 2 is 2.06 bits per heavy atom. The fraction of sp³-hybridized carbons (Fsp3) is 0.417. The highest BCUT2D eigenvalue weighted by molar-refractivity contribution is 5.85. The van der Waals surface area contributed by atoms with Gasteiger partial charge in [-0.15, -0.1) is 12.4 Å². The molecule has 1 atom stereocenters. The van der Waals surface area contributed by atoms with Crippen molar-refractivity contribution in [1.29, 1.82) is 5.41 Å². The van der Waals surface area contributed by atoms with Crippen LogP contribution < -0.4 is 4.74 Å². The average molecular weight is 278 g/mol. The predicted molar refractivity (Wildman–Crippen MR) is 69.1 cm³/mol. The SMILES string of the molecule is CCOC(=N)C(O)c1cc(F)ccc1OCC.Cl. The Hall–Kier alpha value is -1.33. The van der Waals surface area contributed by atoms with Crippen LogP contribution >= 0.6 is 12.4 Å². The van der Waals surface area contributed by atoms with Crippen LogP contribution in [-0.2, 0) is 4.74 Å². The van der Waals surface area contributed by atoms with Gasteiger partial charge in [0.2, 0.25) is 5.90 Å². The molecule has 18 heavy (non-hydrogen) atoms. The van der Waals surface area contributed by atoms with Crippen LogP contribution in [0.5, 0.6) is 5.75 Å². The highest BCUT2D eigenvalue weighted by atomic mass is 35.5. The molecule has 0 saturated carbocycles. The van der Waals surface area contributed by atoms with E-state index in [1.807, 2.05) is 0 Å². The molecule has 0 saturated heterocycles. The second-order valence-electron chi connectivity index (χ2n) is 3.31. The first kappa shape index (κ1) is 16.7. The zero-order chi connectivity index (χ0) is 12.8. The maximum absolute atomic E-state index is 13.1. The van der Waals surface area contributed by atoms with Crippen molar-refractivity contribution in [1.82, 2.24) is 0 Å². The second kappa shape index (κ2) is 7.89. The van der Waals surface area contributed by atoms with Crippen molar-refractivity contribution in [2.45, 2.75) is 20.0 Å². The Morgan fingerprint density at radius 3 is 2.61 bits per heavy atom. The number of hydrogen-bond acceptors (Lipinski definition) is 4. The largest absolute Gasteiger partial charge is 0.493 e. The van der Waals surface area contributed by atoms with Gasteiger partial charge in [-0.2, -0.15) is 0 Å². The third kappa shape index (κ3) is 4.16. The lowest BCUT2D eigenvalue weighted by molar-refractivity contribution is 0.185. The Morgan fingerprint density at radius 1 is 1.39 bits per heavy atom. The van der Waals surface area contributed by atoms with Crippen molar-refractivity contribution < 1.29 is 19.0 Å². The zero-order valence-electron chi connectivity index (χ0n) is 10.3. The highest BCUT2D eigenvalue weighted by Crippen LogP contribution is 2.27. The van der Waals surface area contributed by atoms with Gasteiger partial charge in [0.1, 0.15) is 11.6 Å². The number of rotatable bonds is 5. The van der Waals surface area contributed by atoms with E-state index in [4.69, 9.17) is 14.9 Å². The van der Waals surface area contributed by atoms with Crippen molar-refractivity contribution in [3.8, 4) is 5.75 Å². The molecular weight excluding hydrogens is 261 g/mol. The molecule has 0 bridgehead atoms.